The van der Waals surface area contributed by atoms with Gasteiger partial charge in [0.25, 0.3) is 0 Å². The molecule has 0 spiro atoms. The highest BCUT2D eigenvalue weighted by Crippen LogP contribution is 2.14. The Morgan fingerprint density at radius 2 is 1.83 bits per heavy atom. The number of Topliss-reactive ketones (excluding diaryl/α,β-unsaturated/α-hetero) is 1. The fourth-order valence-corrected chi connectivity index (χ4v) is 2.61. The Morgan fingerprint density at radius 3 is 2.39 bits per heavy atom. The summed E-state index contributed by atoms with van der Waals surface area (Å²) in [4.78, 5) is 14.3. The van der Waals surface area contributed by atoms with Crippen LogP contribution in [-0.4, -0.2) is 42.5 Å². The van der Waals surface area contributed by atoms with Crippen molar-refractivity contribution >= 4 is 21.7 Å². The van der Waals surface area contributed by atoms with Gasteiger partial charge in [0.2, 0.25) is 0 Å². The van der Waals surface area contributed by atoms with Gasteiger partial charge in [0, 0.05) is 23.1 Å². The highest BCUT2D eigenvalue weighted by molar-refractivity contribution is 9.10. The van der Waals surface area contributed by atoms with Crippen LogP contribution >= 0.6 is 15.9 Å². The number of nitrogens with zero attached hydrogens (tertiary/aromatic N) is 1. The average Bonchev–Trinajstić information content (AvgIpc) is 2.28. The van der Waals surface area contributed by atoms with Gasteiger partial charge >= 0.3 is 0 Å². The van der Waals surface area contributed by atoms with E-state index in [0.29, 0.717) is 6.54 Å². The fraction of sp³-hybridized carbons (Fsp3) is 0.500. The molecule has 98 valence electrons. The summed E-state index contributed by atoms with van der Waals surface area (Å²) in [7, 11) is 0. The summed E-state index contributed by atoms with van der Waals surface area (Å²) in [6.07, 6.45) is 0.401. The van der Waals surface area contributed by atoms with Gasteiger partial charge in [-0.2, -0.15) is 0 Å². The highest BCUT2D eigenvalue weighted by atomic mass is 79.9. The van der Waals surface area contributed by atoms with Crippen LogP contribution in [0.3, 0.4) is 0 Å². The number of hydrogen-bond donors (Lipinski definition) is 0. The van der Waals surface area contributed by atoms with Crippen molar-refractivity contribution in [1.29, 1.82) is 0 Å². The number of rotatable bonds is 3. The number of ketones is 1. The predicted molar refractivity (Wildman–Crippen MR) is 74.9 cm³/mol. The molecule has 0 bridgehead atoms. The maximum absolute atomic E-state index is 12.1. The molecule has 0 aromatic heterocycles. The molecule has 18 heavy (non-hydrogen) atoms. The Balaban J connectivity index is 1.96. The second kappa shape index (κ2) is 5.95. The maximum Gasteiger partial charge on any atom is 0.176 e. The predicted octanol–water partition coefficient (Wildman–Crippen LogP) is 2.74. The zero-order valence-electron chi connectivity index (χ0n) is 10.7. The molecule has 1 aliphatic rings. The van der Waals surface area contributed by atoms with Gasteiger partial charge in [-0.15, -0.1) is 0 Å². The number of benzene rings is 1. The smallest absolute Gasteiger partial charge is 0.176 e. The zero-order valence-corrected chi connectivity index (χ0v) is 12.3. The third-order valence-corrected chi connectivity index (χ3v) is 3.56. The van der Waals surface area contributed by atoms with E-state index in [1.165, 1.54) is 0 Å². The van der Waals surface area contributed by atoms with E-state index in [9.17, 15) is 4.79 Å². The molecular weight excluding hydrogens is 294 g/mol. The molecule has 0 N–H and O–H groups in total. The number of halogens is 1. The Hall–Kier alpha value is -0.710. The molecule has 1 fully saturated rings. The van der Waals surface area contributed by atoms with Gasteiger partial charge in [-0.3, -0.25) is 9.69 Å². The van der Waals surface area contributed by atoms with Crippen LogP contribution in [-0.2, 0) is 4.74 Å². The van der Waals surface area contributed by atoms with Crippen molar-refractivity contribution in [2.45, 2.75) is 26.1 Å². The van der Waals surface area contributed by atoms with E-state index < -0.39 is 0 Å². The van der Waals surface area contributed by atoms with Gasteiger partial charge in [0.15, 0.2) is 5.78 Å². The van der Waals surface area contributed by atoms with Crippen LogP contribution in [0.25, 0.3) is 0 Å². The van der Waals surface area contributed by atoms with Crippen LogP contribution in [0.2, 0.25) is 0 Å². The first-order chi connectivity index (χ1) is 8.54. The first-order valence-electron chi connectivity index (χ1n) is 6.21. The van der Waals surface area contributed by atoms with Crippen LogP contribution in [0.4, 0.5) is 0 Å². The molecule has 0 unspecified atom stereocenters. The van der Waals surface area contributed by atoms with Gasteiger partial charge < -0.3 is 4.74 Å². The average molecular weight is 312 g/mol. The Labute approximate surface area is 116 Å². The maximum atomic E-state index is 12.1. The third kappa shape index (κ3) is 3.64. The van der Waals surface area contributed by atoms with E-state index in [-0.39, 0.29) is 18.0 Å². The van der Waals surface area contributed by atoms with Gasteiger partial charge in [0.1, 0.15) is 0 Å². The summed E-state index contributed by atoms with van der Waals surface area (Å²) in [6.45, 7) is 6.22. The first kappa shape index (κ1) is 13.7. The van der Waals surface area contributed by atoms with Crippen LogP contribution < -0.4 is 0 Å². The molecule has 0 saturated carbocycles. The molecule has 1 heterocycles. The summed E-state index contributed by atoms with van der Waals surface area (Å²) in [5.74, 6) is 0.170. The molecule has 0 amide bonds. The van der Waals surface area contributed by atoms with Crippen molar-refractivity contribution in [3.63, 3.8) is 0 Å². The quantitative estimate of drug-likeness (QED) is 0.804. The van der Waals surface area contributed by atoms with Crippen molar-refractivity contribution in [3.8, 4) is 0 Å². The molecule has 1 saturated heterocycles. The largest absolute Gasteiger partial charge is 0.373 e. The van der Waals surface area contributed by atoms with Crippen LogP contribution in [0.1, 0.15) is 24.2 Å². The van der Waals surface area contributed by atoms with Crippen molar-refractivity contribution in [2.75, 3.05) is 19.6 Å². The van der Waals surface area contributed by atoms with E-state index >= 15 is 0 Å². The van der Waals surface area contributed by atoms with Crippen LogP contribution in [0, 0.1) is 0 Å². The molecule has 1 aliphatic heterocycles. The second-order valence-corrected chi connectivity index (χ2v) is 5.80. The highest BCUT2D eigenvalue weighted by Gasteiger charge is 2.23. The number of carbonyl (C=O) groups is 1. The molecule has 0 radical (unpaired) electrons. The Bertz CT molecular complexity index is 408. The van der Waals surface area contributed by atoms with Gasteiger partial charge in [0.05, 0.1) is 18.8 Å². The standard InChI is InChI=1S/C14H18BrNO2/c1-10-7-16(8-11(2)18-10)9-14(17)12-3-5-13(15)6-4-12/h3-6,10-11H,7-9H2,1-2H3/t10-,11+. The Kier molecular flexibility index (Phi) is 4.54. The number of ether oxygens (including phenoxy) is 1. The number of morpholine rings is 1. The molecular formula is C14H18BrNO2. The van der Waals surface area contributed by atoms with Gasteiger partial charge in [-0.25, -0.2) is 0 Å². The lowest BCUT2D eigenvalue weighted by molar-refractivity contribution is -0.0652. The minimum atomic E-state index is 0.170. The molecule has 1 aromatic carbocycles. The van der Waals surface area contributed by atoms with Crippen molar-refractivity contribution in [3.05, 3.63) is 34.3 Å². The van der Waals surface area contributed by atoms with Crippen molar-refractivity contribution in [1.82, 2.24) is 4.90 Å². The van der Waals surface area contributed by atoms with E-state index in [1.54, 1.807) is 0 Å². The summed E-state index contributed by atoms with van der Waals surface area (Å²) in [5, 5.41) is 0. The van der Waals surface area contributed by atoms with E-state index in [0.717, 1.165) is 23.1 Å². The zero-order chi connectivity index (χ0) is 13.1. The summed E-state index contributed by atoms with van der Waals surface area (Å²) < 4.78 is 6.65. The summed E-state index contributed by atoms with van der Waals surface area (Å²) in [6, 6.07) is 7.52. The van der Waals surface area contributed by atoms with E-state index in [2.05, 4.69) is 20.8 Å². The third-order valence-electron chi connectivity index (χ3n) is 3.03. The van der Waals surface area contributed by atoms with E-state index in [4.69, 9.17) is 4.74 Å². The lowest BCUT2D eigenvalue weighted by Crippen LogP contribution is -2.47. The normalized spacial score (nSPS) is 25.1. The molecule has 4 heteroatoms. The summed E-state index contributed by atoms with van der Waals surface area (Å²) in [5.41, 5.74) is 0.769. The van der Waals surface area contributed by atoms with Crippen LogP contribution in [0.5, 0.6) is 0 Å². The molecule has 3 nitrogen and oxygen atoms in total. The van der Waals surface area contributed by atoms with Gasteiger partial charge in [-0.05, 0) is 26.0 Å². The number of carbonyl (C=O) groups excluding carboxylic acids is 1. The minimum absolute atomic E-state index is 0.170. The SMILES string of the molecule is C[C@@H]1CN(CC(=O)c2ccc(Br)cc2)C[C@H](C)O1. The fourth-order valence-electron chi connectivity index (χ4n) is 2.34. The summed E-state index contributed by atoms with van der Waals surface area (Å²) >= 11 is 3.37. The molecule has 0 aliphatic carbocycles. The van der Waals surface area contributed by atoms with E-state index in [1.807, 2.05) is 38.1 Å². The Morgan fingerprint density at radius 1 is 1.28 bits per heavy atom. The van der Waals surface area contributed by atoms with Gasteiger partial charge in [-0.1, -0.05) is 28.1 Å². The van der Waals surface area contributed by atoms with Crippen molar-refractivity contribution < 1.29 is 9.53 Å². The number of hydrogen-bond acceptors (Lipinski definition) is 3. The molecule has 2 rings (SSSR count). The molecule has 2 atom stereocenters. The monoisotopic (exact) mass is 311 g/mol. The minimum Gasteiger partial charge on any atom is -0.373 e. The molecule has 1 aromatic rings. The van der Waals surface area contributed by atoms with Crippen molar-refractivity contribution in [2.24, 2.45) is 0 Å². The second-order valence-electron chi connectivity index (χ2n) is 4.88. The topological polar surface area (TPSA) is 29.5 Å². The van der Waals surface area contributed by atoms with Crippen LogP contribution in [0.15, 0.2) is 28.7 Å². The lowest BCUT2D eigenvalue weighted by Gasteiger charge is -2.34. The lowest BCUT2D eigenvalue weighted by atomic mass is 10.1. The first-order valence-corrected chi connectivity index (χ1v) is 7.00.